The van der Waals surface area contributed by atoms with Gasteiger partial charge in [-0.25, -0.2) is 0 Å². The predicted molar refractivity (Wildman–Crippen MR) is 84.0 cm³/mol. The van der Waals surface area contributed by atoms with Crippen molar-refractivity contribution >= 4 is 23.6 Å². The van der Waals surface area contributed by atoms with Crippen molar-refractivity contribution < 1.29 is 9.59 Å². The van der Waals surface area contributed by atoms with Crippen LogP contribution in [0.25, 0.3) is 0 Å². The Morgan fingerprint density at radius 1 is 1.10 bits per heavy atom. The Kier molecular flexibility index (Phi) is 5.06. The number of likely N-dealkylation sites (tertiary alicyclic amines) is 1. The number of amides is 2. The molecule has 1 atom stereocenters. The van der Waals surface area contributed by atoms with Gasteiger partial charge in [-0.05, 0) is 25.7 Å². The summed E-state index contributed by atoms with van der Waals surface area (Å²) < 4.78 is 0. The molecular weight excluding hydrogens is 286 g/mol. The predicted octanol–water partition coefficient (Wildman–Crippen LogP) is 0.946. The molecule has 118 valence electrons. The van der Waals surface area contributed by atoms with E-state index >= 15 is 0 Å². The maximum atomic E-state index is 12.3. The van der Waals surface area contributed by atoms with Crippen molar-refractivity contribution in [1.29, 1.82) is 0 Å². The molecule has 0 bridgehead atoms. The van der Waals surface area contributed by atoms with Gasteiger partial charge in [0.15, 0.2) is 0 Å². The summed E-state index contributed by atoms with van der Waals surface area (Å²) in [7, 11) is 0. The van der Waals surface area contributed by atoms with Crippen molar-refractivity contribution in [2.45, 2.75) is 50.6 Å². The smallest absolute Gasteiger partial charge is 0.240 e. The molecule has 1 aliphatic carbocycles. The Labute approximate surface area is 130 Å². The lowest BCUT2D eigenvalue weighted by Crippen LogP contribution is -2.51. The van der Waals surface area contributed by atoms with Crippen molar-refractivity contribution in [2.75, 3.05) is 24.7 Å². The molecule has 0 aromatic heterocycles. The maximum Gasteiger partial charge on any atom is 0.240 e. The van der Waals surface area contributed by atoms with E-state index in [1.165, 1.54) is 12.8 Å². The van der Waals surface area contributed by atoms with Crippen LogP contribution in [0.15, 0.2) is 0 Å². The summed E-state index contributed by atoms with van der Waals surface area (Å²) in [4.78, 5) is 26.4. The number of nitrogens with zero attached hydrogens (tertiary/aromatic N) is 1. The highest BCUT2D eigenvalue weighted by Gasteiger charge is 2.31. The number of rotatable bonds is 3. The number of carbonyl (C=O) groups is 2. The largest absolute Gasteiger partial charge is 0.353 e. The highest BCUT2D eigenvalue weighted by molar-refractivity contribution is 7.99. The van der Waals surface area contributed by atoms with E-state index in [0.717, 1.165) is 50.4 Å². The number of hydrogen-bond acceptors (Lipinski definition) is 4. The van der Waals surface area contributed by atoms with Gasteiger partial charge in [-0.2, -0.15) is 0 Å². The minimum absolute atomic E-state index is 0.000343. The number of carbonyl (C=O) groups excluding carboxylic acids is 2. The second kappa shape index (κ2) is 7.01. The molecule has 2 heterocycles. The number of nitrogens with one attached hydrogen (secondary N) is 2. The zero-order valence-electron chi connectivity index (χ0n) is 12.5. The van der Waals surface area contributed by atoms with E-state index in [-0.39, 0.29) is 29.8 Å². The molecule has 3 rings (SSSR count). The van der Waals surface area contributed by atoms with E-state index < -0.39 is 0 Å². The van der Waals surface area contributed by atoms with Gasteiger partial charge in [0, 0.05) is 36.7 Å². The van der Waals surface area contributed by atoms with Crippen molar-refractivity contribution in [3.05, 3.63) is 0 Å². The Hall–Kier alpha value is -0.750. The van der Waals surface area contributed by atoms with E-state index in [4.69, 9.17) is 0 Å². The molecule has 5 nitrogen and oxygen atoms in total. The zero-order valence-corrected chi connectivity index (χ0v) is 13.3. The average Bonchev–Trinajstić information content (AvgIpc) is 3.20. The molecule has 1 saturated carbocycles. The lowest BCUT2D eigenvalue weighted by Gasteiger charge is -2.34. The first-order chi connectivity index (χ1) is 10.2. The lowest BCUT2D eigenvalue weighted by atomic mass is 10.0. The van der Waals surface area contributed by atoms with Gasteiger partial charge in [-0.15, -0.1) is 11.8 Å². The summed E-state index contributed by atoms with van der Waals surface area (Å²) in [6, 6.07) is 0.257. The van der Waals surface area contributed by atoms with Gasteiger partial charge in [0.1, 0.15) is 0 Å². The monoisotopic (exact) mass is 311 g/mol. The van der Waals surface area contributed by atoms with Crippen molar-refractivity contribution in [2.24, 2.45) is 5.92 Å². The second-order valence-electron chi connectivity index (χ2n) is 6.36. The average molecular weight is 311 g/mol. The molecule has 0 radical (unpaired) electrons. The normalized spacial score (nSPS) is 28.0. The van der Waals surface area contributed by atoms with Crippen LogP contribution in [0, 0.1) is 5.92 Å². The van der Waals surface area contributed by atoms with E-state index in [2.05, 4.69) is 10.6 Å². The summed E-state index contributed by atoms with van der Waals surface area (Å²) in [5.41, 5.74) is 0. The van der Waals surface area contributed by atoms with Crippen LogP contribution in [0.3, 0.4) is 0 Å². The number of thioether (sulfide) groups is 1. The maximum absolute atomic E-state index is 12.3. The molecule has 21 heavy (non-hydrogen) atoms. The standard InChI is InChI=1S/C15H25N3O2S/c19-14(11-3-1-2-4-11)17-12-5-7-18(8-6-12)15(20)13-9-21-10-16-13/h11-13,16H,1-10H2,(H,17,19). The molecule has 2 saturated heterocycles. The van der Waals surface area contributed by atoms with Crippen LogP contribution in [-0.4, -0.2) is 53.5 Å². The van der Waals surface area contributed by atoms with Crippen LogP contribution in [-0.2, 0) is 9.59 Å². The third-order valence-corrected chi connectivity index (χ3v) is 5.83. The summed E-state index contributed by atoms with van der Waals surface area (Å²) >= 11 is 1.78. The third-order valence-electron chi connectivity index (χ3n) is 4.89. The Balaban J connectivity index is 1.42. The molecular formula is C15H25N3O2S. The molecule has 2 aliphatic heterocycles. The minimum Gasteiger partial charge on any atom is -0.353 e. The first-order valence-corrected chi connectivity index (χ1v) is 9.30. The molecule has 0 aromatic rings. The van der Waals surface area contributed by atoms with Crippen LogP contribution in [0.5, 0.6) is 0 Å². The number of hydrogen-bond donors (Lipinski definition) is 2. The van der Waals surface area contributed by atoms with Crippen molar-refractivity contribution in [1.82, 2.24) is 15.5 Å². The molecule has 2 amide bonds. The fourth-order valence-corrected chi connectivity index (χ4v) is 4.46. The van der Waals surface area contributed by atoms with Gasteiger partial charge in [0.25, 0.3) is 0 Å². The molecule has 1 unspecified atom stereocenters. The summed E-state index contributed by atoms with van der Waals surface area (Å²) in [5.74, 6) is 2.48. The summed E-state index contributed by atoms with van der Waals surface area (Å²) in [6.07, 6.45) is 6.27. The third kappa shape index (κ3) is 3.72. The lowest BCUT2D eigenvalue weighted by molar-refractivity contribution is -0.134. The van der Waals surface area contributed by atoms with E-state index in [0.29, 0.717) is 0 Å². The molecule has 2 N–H and O–H groups in total. The van der Waals surface area contributed by atoms with E-state index in [1.807, 2.05) is 4.90 Å². The SMILES string of the molecule is O=C(NC1CCN(C(=O)C2CSCN2)CC1)C1CCCC1. The van der Waals surface area contributed by atoms with Crippen LogP contribution in [0.2, 0.25) is 0 Å². The topological polar surface area (TPSA) is 61.4 Å². The Bertz CT molecular complexity index is 384. The van der Waals surface area contributed by atoms with Crippen LogP contribution in [0.4, 0.5) is 0 Å². The van der Waals surface area contributed by atoms with E-state index in [1.54, 1.807) is 11.8 Å². The highest BCUT2D eigenvalue weighted by Crippen LogP contribution is 2.25. The van der Waals surface area contributed by atoms with Crippen LogP contribution < -0.4 is 10.6 Å². The fourth-order valence-electron chi connectivity index (χ4n) is 3.53. The van der Waals surface area contributed by atoms with E-state index in [9.17, 15) is 9.59 Å². The Morgan fingerprint density at radius 2 is 1.81 bits per heavy atom. The highest BCUT2D eigenvalue weighted by atomic mass is 32.2. The van der Waals surface area contributed by atoms with Crippen molar-refractivity contribution in [3.8, 4) is 0 Å². The molecule has 0 spiro atoms. The van der Waals surface area contributed by atoms with Crippen molar-refractivity contribution in [3.63, 3.8) is 0 Å². The molecule has 3 aliphatic rings. The van der Waals surface area contributed by atoms with Gasteiger partial charge in [-0.1, -0.05) is 12.8 Å². The van der Waals surface area contributed by atoms with Crippen LogP contribution in [0.1, 0.15) is 38.5 Å². The summed E-state index contributed by atoms with van der Waals surface area (Å²) in [5, 5.41) is 6.43. The van der Waals surface area contributed by atoms with Gasteiger partial charge in [0.2, 0.25) is 11.8 Å². The van der Waals surface area contributed by atoms with Gasteiger partial charge >= 0.3 is 0 Å². The van der Waals surface area contributed by atoms with Gasteiger partial charge in [0.05, 0.1) is 6.04 Å². The first-order valence-electron chi connectivity index (χ1n) is 8.14. The minimum atomic E-state index is -0.000343. The quantitative estimate of drug-likeness (QED) is 0.814. The fraction of sp³-hybridized carbons (Fsp3) is 0.867. The van der Waals surface area contributed by atoms with Gasteiger partial charge < -0.3 is 10.2 Å². The van der Waals surface area contributed by atoms with Crippen LogP contribution >= 0.6 is 11.8 Å². The first kappa shape index (κ1) is 15.2. The van der Waals surface area contributed by atoms with Gasteiger partial charge in [-0.3, -0.25) is 14.9 Å². The summed E-state index contributed by atoms with van der Waals surface area (Å²) in [6.45, 7) is 1.55. The Morgan fingerprint density at radius 3 is 2.43 bits per heavy atom. The molecule has 3 fully saturated rings. The molecule has 0 aromatic carbocycles. The number of piperidine rings is 1. The molecule has 6 heteroatoms. The second-order valence-corrected chi connectivity index (χ2v) is 7.39. The zero-order chi connectivity index (χ0) is 14.7.